The summed E-state index contributed by atoms with van der Waals surface area (Å²) in [6.07, 6.45) is 0. The quantitative estimate of drug-likeness (QED) is 0.816. The molecule has 1 aromatic carbocycles. The fourth-order valence-corrected chi connectivity index (χ4v) is 2.44. The number of hydrogen-bond acceptors (Lipinski definition) is 2. The van der Waals surface area contributed by atoms with Gasteiger partial charge in [-0.15, -0.1) is 0 Å². The summed E-state index contributed by atoms with van der Waals surface area (Å²) >= 11 is 9.67. The monoisotopic (exact) mass is 342 g/mol. The Balaban J connectivity index is 2.21. The number of benzene rings is 1. The highest BCUT2D eigenvalue weighted by molar-refractivity contribution is 9.10. The molecule has 0 unspecified atom stereocenters. The summed E-state index contributed by atoms with van der Waals surface area (Å²) in [6, 6.07) is 5.75. The van der Waals surface area contributed by atoms with Crippen LogP contribution in [0.15, 0.2) is 22.7 Å². The first-order valence-corrected chi connectivity index (χ1v) is 7.30. The first kappa shape index (κ1) is 14.4. The lowest BCUT2D eigenvalue weighted by Gasteiger charge is -2.10. The Bertz CT molecular complexity index is 595. The molecule has 0 aliphatic heterocycles. The summed E-state index contributed by atoms with van der Waals surface area (Å²) in [5.41, 5.74) is 3.12. The highest BCUT2D eigenvalue weighted by Gasteiger charge is 2.13. The van der Waals surface area contributed by atoms with Gasteiger partial charge >= 0.3 is 0 Å². The second-order valence-electron chi connectivity index (χ2n) is 4.38. The van der Waals surface area contributed by atoms with Crippen molar-refractivity contribution in [3.05, 3.63) is 44.6 Å². The lowest BCUT2D eigenvalue weighted by atomic mass is 10.2. The number of aryl methyl sites for hydroxylation is 3. The van der Waals surface area contributed by atoms with Crippen LogP contribution in [0.4, 0.5) is 0 Å². The third-order valence-corrected chi connectivity index (χ3v) is 4.25. The average Bonchev–Trinajstić information content (AvgIpc) is 2.66. The number of rotatable bonds is 4. The maximum atomic E-state index is 6.12. The summed E-state index contributed by atoms with van der Waals surface area (Å²) in [7, 11) is 0. The summed E-state index contributed by atoms with van der Waals surface area (Å²) in [6.45, 7) is 7.30. The maximum absolute atomic E-state index is 6.12. The van der Waals surface area contributed by atoms with Crippen LogP contribution in [0.5, 0.6) is 5.75 Å². The van der Waals surface area contributed by atoms with E-state index in [4.69, 9.17) is 16.3 Å². The van der Waals surface area contributed by atoms with Gasteiger partial charge < -0.3 is 4.74 Å². The van der Waals surface area contributed by atoms with Gasteiger partial charge in [0.1, 0.15) is 12.4 Å². The minimum atomic E-state index is 0.443. The molecular formula is C14H16BrClN2O. The lowest BCUT2D eigenvalue weighted by Crippen LogP contribution is -2.06. The molecule has 2 aromatic rings. The van der Waals surface area contributed by atoms with Crippen molar-refractivity contribution in [2.24, 2.45) is 0 Å². The van der Waals surface area contributed by atoms with Crippen molar-refractivity contribution in [3.63, 3.8) is 0 Å². The van der Waals surface area contributed by atoms with Gasteiger partial charge in [-0.1, -0.05) is 17.7 Å². The fraction of sp³-hybridized carbons (Fsp3) is 0.357. The van der Waals surface area contributed by atoms with E-state index in [1.54, 1.807) is 0 Å². The van der Waals surface area contributed by atoms with Crippen LogP contribution in [0, 0.1) is 13.8 Å². The van der Waals surface area contributed by atoms with Crippen molar-refractivity contribution >= 4 is 27.5 Å². The number of nitrogens with zero attached hydrogens (tertiary/aromatic N) is 2. The Labute approximate surface area is 126 Å². The molecule has 5 heteroatoms. The van der Waals surface area contributed by atoms with Gasteiger partial charge in [0, 0.05) is 6.54 Å². The molecule has 102 valence electrons. The normalized spacial score (nSPS) is 10.8. The van der Waals surface area contributed by atoms with Crippen LogP contribution in [-0.2, 0) is 13.2 Å². The Hall–Kier alpha value is -1.00. The molecule has 1 aromatic heterocycles. The van der Waals surface area contributed by atoms with Gasteiger partial charge in [0.05, 0.1) is 20.9 Å². The van der Waals surface area contributed by atoms with E-state index in [1.165, 1.54) is 0 Å². The molecule has 0 N–H and O–H groups in total. The van der Waals surface area contributed by atoms with Crippen LogP contribution in [0.25, 0.3) is 0 Å². The van der Waals surface area contributed by atoms with Crippen molar-refractivity contribution < 1.29 is 4.74 Å². The molecule has 0 radical (unpaired) electrons. The first-order valence-electron chi connectivity index (χ1n) is 6.13. The summed E-state index contributed by atoms with van der Waals surface area (Å²) < 4.78 is 8.75. The van der Waals surface area contributed by atoms with Crippen molar-refractivity contribution in [3.8, 4) is 5.75 Å². The molecule has 0 saturated carbocycles. The topological polar surface area (TPSA) is 27.1 Å². The first-order chi connectivity index (χ1) is 9.02. The Kier molecular flexibility index (Phi) is 4.53. The molecule has 0 amide bonds. The summed E-state index contributed by atoms with van der Waals surface area (Å²) in [4.78, 5) is 0. The lowest BCUT2D eigenvalue weighted by molar-refractivity contribution is 0.291. The molecular weight excluding hydrogens is 328 g/mol. The zero-order valence-corrected chi connectivity index (χ0v) is 13.5. The molecule has 0 aliphatic carbocycles. The van der Waals surface area contributed by atoms with E-state index < -0.39 is 0 Å². The number of halogens is 2. The second kappa shape index (κ2) is 5.97. The van der Waals surface area contributed by atoms with E-state index in [0.29, 0.717) is 17.4 Å². The predicted octanol–water partition coefficient (Wildman–Crippen LogP) is 4.51. The fourth-order valence-electron chi connectivity index (χ4n) is 1.87. The number of ether oxygens (including phenoxy) is 1. The van der Waals surface area contributed by atoms with Gasteiger partial charge in [-0.05, 0) is 54.4 Å². The van der Waals surface area contributed by atoms with Gasteiger partial charge in [-0.2, -0.15) is 5.10 Å². The highest BCUT2D eigenvalue weighted by atomic mass is 79.9. The maximum Gasteiger partial charge on any atom is 0.138 e. The van der Waals surface area contributed by atoms with Gasteiger partial charge in [0.25, 0.3) is 0 Å². The van der Waals surface area contributed by atoms with Crippen LogP contribution in [0.3, 0.4) is 0 Å². The average molecular weight is 344 g/mol. The zero-order chi connectivity index (χ0) is 14.0. The molecule has 0 saturated heterocycles. The van der Waals surface area contributed by atoms with E-state index in [0.717, 1.165) is 28.0 Å². The van der Waals surface area contributed by atoms with Crippen LogP contribution in [0.1, 0.15) is 23.9 Å². The Morgan fingerprint density at radius 3 is 2.79 bits per heavy atom. The Morgan fingerprint density at radius 2 is 2.11 bits per heavy atom. The molecule has 0 fully saturated rings. The van der Waals surface area contributed by atoms with Crippen molar-refractivity contribution in [1.29, 1.82) is 0 Å². The van der Waals surface area contributed by atoms with E-state index in [1.807, 2.05) is 36.7 Å². The number of aromatic nitrogens is 2. The van der Waals surface area contributed by atoms with E-state index in [-0.39, 0.29) is 0 Å². The molecule has 2 rings (SSSR count). The summed E-state index contributed by atoms with van der Waals surface area (Å²) in [5.74, 6) is 0.704. The molecule has 0 atom stereocenters. The number of hydrogen-bond donors (Lipinski definition) is 0. The van der Waals surface area contributed by atoms with Gasteiger partial charge in [0.2, 0.25) is 0 Å². The predicted molar refractivity (Wildman–Crippen MR) is 80.9 cm³/mol. The molecule has 0 spiro atoms. The molecule has 19 heavy (non-hydrogen) atoms. The van der Waals surface area contributed by atoms with Crippen molar-refractivity contribution in [2.45, 2.75) is 33.9 Å². The molecule has 3 nitrogen and oxygen atoms in total. The molecule has 1 heterocycles. The Morgan fingerprint density at radius 1 is 1.37 bits per heavy atom. The van der Waals surface area contributed by atoms with Gasteiger partial charge in [0.15, 0.2) is 0 Å². The third kappa shape index (κ3) is 3.12. The molecule has 0 aliphatic rings. The van der Waals surface area contributed by atoms with E-state index >= 15 is 0 Å². The van der Waals surface area contributed by atoms with E-state index in [2.05, 4.69) is 28.0 Å². The summed E-state index contributed by atoms with van der Waals surface area (Å²) in [5, 5.41) is 5.06. The van der Waals surface area contributed by atoms with Crippen molar-refractivity contribution in [1.82, 2.24) is 9.78 Å². The third-order valence-electron chi connectivity index (χ3n) is 2.90. The zero-order valence-electron chi connectivity index (χ0n) is 11.2. The minimum absolute atomic E-state index is 0.443. The standard InChI is InChI=1S/C14H16BrClN2O/c1-4-18-12(14(15)10(3)17-18)8-19-13-7-9(2)5-6-11(13)16/h5-7H,4,8H2,1-3H3. The molecule has 0 bridgehead atoms. The van der Waals surface area contributed by atoms with Crippen molar-refractivity contribution in [2.75, 3.05) is 0 Å². The SMILES string of the molecule is CCn1nc(C)c(Br)c1COc1cc(C)ccc1Cl. The highest BCUT2D eigenvalue weighted by Crippen LogP contribution is 2.28. The van der Waals surface area contributed by atoms with Gasteiger partial charge in [-0.3, -0.25) is 4.68 Å². The largest absolute Gasteiger partial charge is 0.486 e. The van der Waals surface area contributed by atoms with Gasteiger partial charge in [-0.25, -0.2) is 0 Å². The van der Waals surface area contributed by atoms with Crippen LogP contribution in [-0.4, -0.2) is 9.78 Å². The smallest absolute Gasteiger partial charge is 0.138 e. The second-order valence-corrected chi connectivity index (χ2v) is 5.58. The van der Waals surface area contributed by atoms with Crippen LogP contribution in [0.2, 0.25) is 5.02 Å². The van der Waals surface area contributed by atoms with Crippen LogP contribution < -0.4 is 4.74 Å². The minimum Gasteiger partial charge on any atom is -0.486 e. The van der Waals surface area contributed by atoms with Crippen LogP contribution >= 0.6 is 27.5 Å². The van der Waals surface area contributed by atoms with E-state index in [9.17, 15) is 0 Å².